The summed E-state index contributed by atoms with van der Waals surface area (Å²) in [5.74, 6) is -1.21. The Labute approximate surface area is 122 Å². The Morgan fingerprint density at radius 3 is 2.71 bits per heavy atom. The van der Waals surface area contributed by atoms with Crippen LogP contribution in [0.3, 0.4) is 0 Å². The Morgan fingerprint density at radius 2 is 2.10 bits per heavy atom. The lowest BCUT2D eigenvalue weighted by Crippen LogP contribution is -2.30. The van der Waals surface area contributed by atoms with Gasteiger partial charge in [0.25, 0.3) is 5.91 Å². The minimum Gasteiger partial charge on any atom is -0.481 e. The van der Waals surface area contributed by atoms with Crippen LogP contribution >= 0.6 is 0 Å². The van der Waals surface area contributed by atoms with Crippen molar-refractivity contribution in [2.75, 3.05) is 13.1 Å². The molecule has 1 saturated heterocycles. The minimum atomic E-state index is -0.845. The smallest absolute Gasteiger partial charge is 0.308 e. The van der Waals surface area contributed by atoms with Gasteiger partial charge in [0.15, 0.2) is 5.76 Å². The number of carbonyl (C=O) groups is 2. The van der Waals surface area contributed by atoms with Crippen molar-refractivity contribution in [3.63, 3.8) is 0 Å². The predicted molar refractivity (Wildman–Crippen MR) is 77.3 cm³/mol. The fraction of sp³-hybridized carbons (Fsp3) is 0.375. The van der Waals surface area contributed by atoms with Crippen molar-refractivity contribution in [1.29, 1.82) is 0 Å². The quantitative estimate of drug-likeness (QED) is 0.921. The number of hydrogen-bond donors (Lipinski definition) is 1. The number of carbonyl (C=O) groups excluding carboxylic acids is 1. The molecule has 1 fully saturated rings. The third kappa shape index (κ3) is 2.18. The molecule has 0 bridgehead atoms. The van der Waals surface area contributed by atoms with Crippen LogP contribution in [0.4, 0.5) is 0 Å². The van der Waals surface area contributed by atoms with Crippen molar-refractivity contribution < 1.29 is 19.1 Å². The standard InChI is InChI=1S/C16H17NO4/c1-9-4-3-5-12-10(2)14(21-13(9)12)15(18)17-7-6-11(8-17)16(19)20/h3-5,11H,6-8H2,1-2H3,(H,19,20)/t11-/m0/s1. The first-order valence-corrected chi connectivity index (χ1v) is 7.00. The van der Waals surface area contributed by atoms with Gasteiger partial charge in [-0.1, -0.05) is 18.2 Å². The summed E-state index contributed by atoms with van der Waals surface area (Å²) in [4.78, 5) is 25.1. The number of benzene rings is 1. The van der Waals surface area contributed by atoms with Gasteiger partial charge in [0.1, 0.15) is 5.58 Å². The SMILES string of the molecule is Cc1c(C(=O)N2CC[C@H](C(=O)O)C2)oc2c(C)cccc12. The second kappa shape index (κ2) is 4.91. The molecule has 0 radical (unpaired) electrons. The van der Waals surface area contributed by atoms with E-state index in [-0.39, 0.29) is 12.5 Å². The van der Waals surface area contributed by atoms with Gasteiger partial charge in [-0.2, -0.15) is 0 Å². The molecule has 1 aromatic carbocycles. The monoisotopic (exact) mass is 287 g/mol. The lowest BCUT2D eigenvalue weighted by Gasteiger charge is -2.14. The first-order valence-electron chi connectivity index (χ1n) is 7.00. The number of para-hydroxylation sites is 1. The van der Waals surface area contributed by atoms with E-state index in [1.165, 1.54) is 0 Å². The van der Waals surface area contributed by atoms with Gasteiger partial charge in [-0.3, -0.25) is 9.59 Å². The topological polar surface area (TPSA) is 70.8 Å². The van der Waals surface area contributed by atoms with Gasteiger partial charge in [0.2, 0.25) is 0 Å². The summed E-state index contributed by atoms with van der Waals surface area (Å²) in [6.45, 7) is 4.52. The fourth-order valence-electron chi connectivity index (χ4n) is 2.88. The molecular weight excluding hydrogens is 270 g/mol. The van der Waals surface area contributed by atoms with Crippen LogP contribution < -0.4 is 0 Å². The maximum atomic E-state index is 12.6. The molecule has 1 N–H and O–H groups in total. The molecule has 0 aliphatic carbocycles. The minimum absolute atomic E-state index is 0.216. The van der Waals surface area contributed by atoms with Gasteiger partial charge in [-0.05, 0) is 25.8 Å². The van der Waals surface area contributed by atoms with Gasteiger partial charge < -0.3 is 14.4 Å². The van der Waals surface area contributed by atoms with E-state index < -0.39 is 11.9 Å². The molecule has 0 saturated carbocycles. The molecule has 5 nitrogen and oxygen atoms in total. The van der Waals surface area contributed by atoms with Gasteiger partial charge in [0.05, 0.1) is 5.92 Å². The zero-order valence-corrected chi connectivity index (χ0v) is 12.0. The number of furan rings is 1. The van der Waals surface area contributed by atoms with Crippen LogP contribution in [0.25, 0.3) is 11.0 Å². The van der Waals surface area contributed by atoms with E-state index in [2.05, 4.69) is 0 Å². The highest BCUT2D eigenvalue weighted by atomic mass is 16.4. The molecule has 1 amide bonds. The highest BCUT2D eigenvalue weighted by molar-refractivity contribution is 5.99. The second-order valence-electron chi connectivity index (χ2n) is 5.58. The second-order valence-corrected chi connectivity index (χ2v) is 5.58. The molecule has 2 heterocycles. The van der Waals surface area contributed by atoms with E-state index in [0.717, 1.165) is 22.1 Å². The number of aryl methyl sites for hydroxylation is 2. The molecule has 0 spiro atoms. The number of amides is 1. The lowest BCUT2D eigenvalue weighted by molar-refractivity contribution is -0.141. The van der Waals surface area contributed by atoms with E-state index in [4.69, 9.17) is 9.52 Å². The molecule has 1 aliphatic heterocycles. The zero-order chi connectivity index (χ0) is 15.1. The molecular formula is C16H17NO4. The first kappa shape index (κ1) is 13.7. The number of carboxylic acid groups (broad SMARTS) is 1. The summed E-state index contributed by atoms with van der Waals surface area (Å²) in [5, 5.41) is 9.96. The molecule has 1 aromatic heterocycles. The Kier molecular flexibility index (Phi) is 3.20. The Hall–Kier alpha value is -2.30. The van der Waals surface area contributed by atoms with Crippen molar-refractivity contribution in [3.8, 4) is 0 Å². The molecule has 5 heteroatoms. The summed E-state index contributed by atoms with van der Waals surface area (Å²) in [7, 11) is 0. The van der Waals surface area contributed by atoms with E-state index in [0.29, 0.717) is 18.7 Å². The summed E-state index contributed by atoms with van der Waals surface area (Å²) in [6.07, 6.45) is 0.499. The van der Waals surface area contributed by atoms with E-state index in [1.54, 1.807) is 4.90 Å². The van der Waals surface area contributed by atoms with Gasteiger partial charge in [-0.15, -0.1) is 0 Å². The van der Waals surface area contributed by atoms with Gasteiger partial charge in [0, 0.05) is 24.0 Å². The Balaban J connectivity index is 1.94. The Bertz CT molecular complexity index is 731. The number of nitrogens with zero attached hydrogens (tertiary/aromatic N) is 1. The number of fused-ring (bicyclic) bond motifs is 1. The highest BCUT2D eigenvalue weighted by Crippen LogP contribution is 2.29. The maximum Gasteiger partial charge on any atom is 0.308 e. The number of aliphatic carboxylic acids is 1. The third-order valence-electron chi connectivity index (χ3n) is 4.18. The number of hydrogen-bond acceptors (Lipinski definition) is 3. The van der Waals surface area contributed by atoms with Crippen LogP contribution in [-0.2, 0) is 4.79 Å². The lowest BCUT2D eigenvalue weighted by atomic mass is 10.1. The fourth-order valence-corrected chi connectivity index (χ4v) is 2.88. The summed E-state index contributed by atoms with van der Waals surface area (Å²) in [5.41, 5.74) is 2.53. The van der Waals surface area contributed by atoms with Crippen molar-refractivity contribution in [2.45, 2.75) is 20.3 Å². The van der Waals surface area contributed by atoms with Crippen LogP contribution in [0.5, 0.6) is 0 Å². The third-order valence-corrected chi connectivity index (χ3v) is 4.18. The van der Waals surface area contributed by atoms with Crippen LogP contribution in [0, 0.1) is 19.8 Å². The maximum absolute atomic E-state index is 12.6. The largest absolute Gasteiger partial charge is 0.481 e. The zero-order valence-electron chi connectivity index (χ0n) is 12.0. The first-order chi connectivity index (χ1) is 9.99. The van der Waals surface area contributed by atoms with E-state index >= 15 is 0 Å². The number of rotatable bonds is 2. The number of carboxylic acids is 1. The van der Waals surface area contributed by atoms with Gasteiger partial charge in [-0.25, -0.2) is 0 Å². The molecule has 21 heavy (non-hydrogen) atoms. The predicted octanol–water partition coefficient (Wildman–Crippen LogP) is 2.60. The van der Waals surface area contributed by atoms with Crippen molar-refractivity contribution in [2.24, 2.45) is 5.92 Å². The number of likely N-dealkylation sites (tertiary alicyclic amines) is 1. The normalized spacial score (nSPS) is 18.4. The van der Waals surface area contributed by atoms with E-state index in [9.17, 15) is 9.59 Å². The van der Waals surface area contributed by atoms with Crippen LogP contribution in [0.1, 0.15) is 28.1 Å². The molecule has 2 aromatic rings. The molecule has 110 valence electrons. The van der Waals surface area contributed by atoms with Crippen LogP contribution in [0.2, 0.25) is 0 Å². The van der Waals surface area contributed by atoms with Gasteiger partial charge >= 0.3 is 5.97 Å². The average Bonchev–Trinajstić information content (AvgIpc) is 3.05. The van der Waals surface area contributed by atoms with Crippen LogP contribution in [0.15, 0.2) is 22.6 Å². The summed E-state index contributed by atoms with van der Waals surface area (Å²) in [6, 6.07) is 5.81. The highest BCUT2D eigenvalue weighted by Gasteiger charge is 2.33. The molecule has 1 atom stereocenters. The summed E-state index contributed by atoms with van der Waals surface area (Å²) >= 11 is 0. The molecule has 1 aliphatic rings. The Morgan fingerprint density at radius 1 is 1.33 bits per heavy atom. The summed E-state index contributed by atoms with van der Waals surface area (Å²) < 4.78 is 5.76. The van der Waals surface area contributed by atoms with Crippen molar-refractivity contribution >= 4 is 22.8 Å². The molecule has 0 unspecified atom stereocenters. The van der Waals surface area contributed by atoms with Crippen molar-refractivity contribution in [1.82, 2.24) is 4.90 Å². The van der Waals surface area contributed by atoms with Crippen LogP contribution in [-0.4, -0.2) is 35.0 Å². The average molecular weight is 287 g/mol. The van der Waals surface area contributed by atoms with Crippen molar-refractivity contribution in [3.05, 3.63) is 35.1 Å². The molecule has 3 rings (SSSR count). The van der Waals surface area contributed by atoms with E-state index in [1.807, 2.05) is 32.0 Å².